The second kappa shape index (κ2) is 7.19. The SMILES string of the molecule is CCn1c(=O)/c(=C2/Sc3ccc(OC)cc3N2C)s/c1=C1/C(=O)N(C)C(=S)N1C. The number of ether oxygens (including phenoxy) is 1. The van der Waals surface area contributed by atoms with Crippen molar-refractivity contribution in [2.24, 2.45) is 0 Å². The molecule has 7 nitrogen and oxygen atoms in total. The van der Waals surface area contributed by atoms with Crippen molar-refractivity contribution in [3.63, 3.8) is 0 Å². The smallest absolute Gasteiger partial charge is 0.279 e. The van der Waals surface area contributed by atoms with Gasteiger partial charge in [-0.25, -0.2) is 0 Å². The van der Waals surface area contributed by atoms with Crippen molar-refractivity contribution in [1.29, 1.82) is 0 Å². The highest BCUT2D eigenvalue weighted by molar-refractivity contribution is 8.08. The summed E-state index contributed by atoms with van der Waals surface area (Å²) >= 11 is 8.22. The summed E-state index contributed by atoms with van der Waals surface area (Å²) in [5.74, 6) is 0.568. The van der Waals surface area contributed by atoms with Crippen LogP contribution in [0.5, 0.6) is 5.75 Å². The average molecular weight is 449 g/mol. The van der Waals surface area contributed by atoms with Crippen LogP contribution in [0.2, 0.25) is 0 Å². The number of thiazole rings is 1. The highest BCUT2D eigenvalue weighted by Crippen LogP contribution is 2.46. The Bertz CT molecular complexity index is 1230. The minimum atomic E-state index is -0.196. The van der Waals surface area contributed by atoms with Gasteiger partial charge in [0, 0.05) is 38.6 Å². The van der Waals surface area contributed by atoms with E-state index in [-0.39, 0.29) is 11.5 Å². The maximum absolute atomic E-state index is 13.3. The van der Waals surface area contributed by atoms with E-state index < -0.39 is 0 Å². The predicted molar refractivity (Wildman–Crippen MR) is 121 cm³/mol. The Labute approximate surface area is 181 Å². The summed E-state index contributed by atoms with van der Waals surface area (Å²) < 4.78 is 8.22. The number of amides is 1. The number of thioether (sulfide) groups is 1. The molecule has 0 spiro atoms. The van der Waals surface area contributed by atoms with Gasteiger partial charge in [0.2, 0.25) is 0 Å². The molecule has 0 unspecified atom stereocenters. The Morgan fingerprint density at radius 2 is 1.83 bits per heavy atom. The molecular weight excluding hydrogens is 428 g/mol. The molecule has 1 aromatic heterocycles. The number of carbonyl (C=O) groups is 1. The number of nitrogens with zero attached hydrogens (tertiary/aromatic N) is 4. The second-order valence-corrected chi connectivity index (χ2v) is 9.03. The largest absolute Gasteiger partial charge is 0.497 e. The van der Waals surface area contributed by atoms with Gasteiger partial charge >= 0.3 is 0 Å². The predicted octanol–water partition coefficient (Wildman–Crippen LogP) is 1.04. The van der Waals surface area contributed by atoms with Crippen LogP contribution in [0.1, 0.15) is 6.92 Å². The number of hydrogen-bond donors (Lipinski definition) is 0. The van der Waals surface area contributed by atoms with Gasteiger partial charge in [-0.3, -0.25) is 19.1 Å². The van der Waals surface area contributed by atoms with Crippen LogP contribution in [-0.2, 0) is 11.3 Å². The van der Waals surface area contributed by atoms with Gasteiger partial charge in [0.1, 0.15) is 25.7 Å². The highest BCUT2D eigenvalue weighted by Gasteiger charge is 2.35. The molecule has 2 aliphatic rings. The van der Waals surface area contributed by atoms with E-state index in [1.54, 1.807) is 42.4 Å². The van der Waals surface area contributed by atoms with E-state index in [0.717, 1.165) is 21.4 Å². The average Bonchev–Trinajstić information content (AvgIpc) is 3.28. The molecular formula is C19H20N4O3S3. The third-order valence-electron chi connectivity index (χ3n) is 5.05. The molecule has 29 heavy (non-hydrogen) atoms. The molecule has 1 amide bonds. The van der Waals surface area contributed by atoms with Gasteiger partial charge < -0.3 is 14.5 Å². The molecule has 1 saturated heterocycles. The molecule has 152 valence electrons. The van der Waals surface area contributed by atoms with Crippen molar-refractivity contribution in [2.45, 2.75) is 18.4 Å². The Morgan fingerprint density at radius 3 is 2.41 bits per heavy atom. The first kappa shape index (κ1) is 20.0. The van der Waals surface area contributed by atoms with Crippen LogP contribution < -0.4 is 24.4 Å². The number of anilines is 1. The number of thiocarbonyl (C=S) groups is 1. The van der Waals surface area contributed by atoms with Crippen molar-refractivity contribution >= 4 is 62.7 Å². The summed E-state index contributed by atoms with van der Waals surface area (Å²) in [6.45, 7) is 2.37. The first-order chi connectivity index (χ1) is 13.8. The maximum atomic E-state index is 13.3. The van der Waals surface area contributed by atoms with E-state index in [9.17, 15) is 9.59 Å². The van der Waals surface area contributed by atoms with E-state index in [4.69, 9.17) is 17.0 Å². The monoisotopic (exact) mass is 448 g/mol. The lowest BCUT2D eigenvalue weighted by atomic mass is 10.3. The highest BCUT2D eigenvalue weighted by atomic mass is 32.2. The number of benzene rings is 1. The lowest BCUT2D eigenvalue weighted by molar-refractivity contribution is -0.120. The quantitative estimate of drug-likeness (QED) is 0.637. The third-order valence-corrected chi connectivity index (χ3v) is 8.14. The molecule has 0 atom stereocenters. The fraction of sp³-hybridized carbons (Fsp3) is 0.316. The summed E-state index contributed by atoms with van der Waals surface area (Å²) in [5, 5.41) is 1.27. The minimum Gasteiger partial charge on any atom is -0.497 e. The molecule has 0 radical (unpaired) electrons. The Morgan fingerprint density at radius 1 is 1.10 bits per heavy atom. The second-order valence-electron chi connectivity index (χ2n) is 6.64. The fourth-order valence-corrected chi connectivity index (χ4v) is 6.15. The van der Waals surface area contributed by atoms with E-state index in [1.165, 1.54) is 16.2 Å². The first-order valence-electron chi connectivity index (χ1n) is 8.93. The van der Waals surface area contributed by atoms with Crippen LogP contribution in [0.15, 0.2) is 27.9 Å². The third kappa shape index (κ3) is 2.89. The van der Waals surface area contributed by atoms with Crippen molar-refractivity contribution < 1.29 is 9.53 Å². The zero-order valence-electron chi connectivity index (χ0n) is 16.7. The van der Waals surface area contributed by atoms with Gasteiger partial charge in [0.15, 0.2) is 5.11 Å². The summed E-state index contributed by atoms with van der Waals surface area (Å²) in [7, 11) is 6.98. The standard InChI is InChI=1S/C19H20N4O3S3/c1-6-23-16(25)14(29-17(23)13-15(24)22(4)19(27)21(13)3)18-20(2)11-9-10(26-5)7-8-12(11)28-18/h7-9H,6H2,1-5H3/b17-13-,18-14-. The molecule has 1 aromatic carbocycles. The number of methoxy groups -OCH3 is 1. The van der Waals surface area contributed by atoms with Gasteiger partial charge in [-0.15, -0.1) is 11.3 Å². The molecule has 1 fully saturated rings. The molecule has 2 aliphatic heterocycles. The van der Waals surface area contributed by atoms with E-state index in [1.807, 2.05) is 37.1 Å². The van der Waals surface area contributed by atoms with Crippen molar-refractivity contribution in [3.8, 4) is 5.75 Å². The Balaban J connectivity index is 1.99. The zero-order valence-corrected chi connectivity index (χ0v) is 19.1. The van der Waals surface area contributed by atoms with Crippen molar-refractivity contribution in [2.75, 3.05) is 33.2 Å². The molecule has 0 aliphatic carbocycles. The van der Waals surface area contributed by atoms with Gasteiger partial charge in [-0.2, -0.15) is 0 Å². The Hall–Kier alpha value is -2.30. The molecule has 3 heterocycles. The number of carbonyl (C=O) groups excluding carboxylic acids is 1. The van der Waals surface area contributed by atoms with E-state index in [2.05, 4.69) is 0 Å². The van der Waals surface area contributed by atoms with Crippen molar-refractivity contribution in [3.05, 3.63) is 37.7 Å². The van der Waals surface area contributed by atoms with Crippen LogP contribution >= 0.6 is 35.3 Å². The van der Waals surface area contributed by atoms with Gasteiger partial charge in [-0.1, -0.05) is 11.8 Å². The summed E-state index contributed by atoms with van der Waals surface area (Å²) in [5.41, 5.74) is 1.33. The summed E-state index contributed by atoms with van der Waals surface area (Å²) in [4.78, 5) is 32.2. The first-order valence-corrected chi connectivity index (χ1v) is 11.0. The lowest BCUT2D eigenvalue weighted by Gasteiger charge is -2.13. The van der Waals surface area contributed by atoms with Crippen LogP contribution in [0.3, 0.4) is 0 Å². The number of hydrogen-bond acceptors (Lipinski definition) is 7. The summed E-state index contributed by atoms with van der Waals surface area (Å²) in [6, 6.07) is 5.86. The Kier molecular flexibility index (Phi) is 4.96. The van der Waals surface area contributed by atoms with Gasteiger partial charge in [0.25, 0.3) is 11.5 Å². The fourth-order valence-electron chi connectivity index (χ4n) is 3.41. The van der Waals surface area contributed by atoms with E-state index >= 15 is 0 Å². The number of aromatic nitrogens is 1. The minimum absolute atomic E-state index is 0.101. The molecule has 0 saturated carbocycles. The molecule has 4 rings (SSSR count). The van der Waals surface area contributed by atoms with E-state index in [0.29, 0.717) is 26.5 Å². The molecule has 0 bridgehead atoms. The van der Waals surface area contributed by atoms with Crippen LogP contribution in [0.25, 0.3) is 10.7 Å². The number of fused-ring (bicyclic) bond motifs is 1. The van der Waals surface area contributed by atoms with Gasteiger partial charge in [0.05, 0.1) is 12.8 Å². The topological polar surface area (TPSA) is 58.0 Å². The van der Waals surface area contributed by atoms with Gasteiger partial charge in [-0.05, 0) is 31.3 Å². The molecule has 0 N–H and O–H groups in total. The zero-order chi connectivity index (χ0) is 21.0. The normalized spacial score (nSPS) is 20.1. The van der Waals surface area contributed by atoms with Crippen LogP contribution in [0.4, 0.5) is 5.69 Å². The van der Waals surface area contributed by atoms with Crippen LogP contribution in [0, 0.1) is 0 Å². The maximum Gasteiger partial charge on any atom is 0.279 e. The number of likely N-dealkylation sites (N-methyl/N-ethyl adjacent to an activating group) is 2. The molecule has 2 aromatic rings. The molecule has 10 heteroatoms. The number of rotatable bonds is 2. The van der Waals surface area contributed by atoms with Crippen LogP contribution in [-0.4, -0.2) is 53.6 Å². The summed E-state index contributed by atoms with van der Waals surface area (Å²) in [6.07, 6.45) is 0. The lowest BCUT2D eigenvalue weighted by Crippen LogP contribution is -2.35. The van der Waals surface area contributed by atoms with Crippen molar-refractivity contribution in [1.82, 2.24) is 14.4 Å².